The number of rotatable bonds is 2. The molecule has 5 heteroatoms. The van der Waals surface area contributed by atoms with Crippen LogP contribution in [0, 0.1) is 0 Å². The van der Waals surface area contributed by atoms with Gasteiger partial charge in [0.25, 0.3) is 0 Å². The van der Waals surface area contributed by atoms with Crippen molar-refractivity contribution in [1.29, 1.82) is 0 Å². The Balaban J connectivity index is 1.77. The number of benzene rings is 1. The van der Waals surface area contributed by atoms with Crippen LogP contribution in [0.2, 0.25) is 0 Å². The van der Waals surface area contributed by atoms with E-state index in [1.54, 1.807) is 0 Å². The molecule has 2 aliphatic heterocycles. The highest BCUT2D eigenvalue weighted by Crippen LogP contribution is 2.36. The maximum atomic E-state index is 6.03. The number of fused-ring (bicyclic) bond motifs is 1. The van der Waals surface area contributed by atoms with Gasteiger partial charge in [0, 0.05) is 29.6 Å². The lowest BCUT2D eigenvalue weighted by Gasteiger charge is -2.36. The minimum atomic E-state index is 0.352. The number of nitrogens with two attached hydrogens (primary N) is 1. The number of piperidine rings is 1. The molecule has 2 heterocycles. The molecule has 20 heavy (non-hydrogen) atoms. The summed E-state index contributed by atoms with van der Waals surface area (Å²) in [5.74, 6) is 1.69. The first-order valence-electron chi connectivity index (χ1n) is 7.21. The van der Waals surface area contributed by atoms with Crippen molar-refractivity contribution >= 4 is 15.9 Å². The van der Waals surface area contributed by atoms with Crippen LogP contribution in [-0.2, 0) is 6.54 Å². The normalized spacial score (nSPS) is 26.6. The van der Waals surface area contributed by atoms with Crippen LogP contribution in [-0.4, -0.2) is 36.7 Å². The Hall–Kier alpha value is -0.780. The molecule has 1 saturated heterocycles. The van der Waals surface area contributed by atoms with E-state index in [-0.39, 0.29) is 0 Å². The summed E-state index contributed by atoms with van der Waals surface area (Å²) in [7, 11) is 0. The summed E-state index contributed by atoms with van der Waals surface area (Å²) in [5, 5.41) is 0. The van der Waals surface area contributed by atoms with Crippen molar-refractivity contribution < 1.29 is 9.47 Å². The van der Waals surface area contributed by atoms with E-state index in [0.29, 0.717) is 25.3 Å². The van der Waals surface area contributed by atoms with Gasteiger partial charge in [0.15, 0.2) is 11.5 Å². The molecule has 2 unspecified atom stereocenters. The van der Waals surface area contributed by atoms with Crippen LogP contribution in [0.3, 0.4) is 0 Å². The fourth-order valence-corrected chi connectivity index (χ4v) is 3.39. The lowest BCUT2D eigenvalue weighted by molar-refractivity contribution is 0.138. The monoisotopic (exact) mass is 340 g/mol. The average Bonchev–Trinajstić information content (AvgIpc) is 2.42. The molecular weight excluding hydrogens is 320 g/mol. The van der Waals surface area contributed by atoms with E-state index in [1.807, 2.05) is 6.07 Å². The van der Waals surface area contributed by atoms with Gasteiger partial charge in [-0.05, 0) is 37.5 Å². The Morgan fingerprint density at radius 3 is 2.70 bits per heavy atom. The first-order valence-corrected chi connectivity index (χ1v) is 8.00. The van der Waals surface area contributed by atoms with Gasteiger partial charge in [-0.25, -0.2) is 0 Å². The summed E-state index contributed by atoms with van der Waals surface area (Å²) >= 11 is 3.65. The molecule has 0 saturated carbocycles. The van der Waals surface area contributed by atoms with Gasteiger partial charge in [-0.2, -0.15) is 0 Å². The van der Waals surface area contributed by atoms with Gasteiger partial charge in [0.1, 0.15) is 13.2 Å². The highest BCUT2D eigenvalue weighted by molar-refractivity contribution is 9.10. The Labute approximate surface area is 128 Å². The summed E-state index contributed by atoms with van der Waals surface area (Å²) in [6, 6.07) is 4.99. The second-order valence-electron chi connectivity index (χ2n) is 5.69. The van der Waals surface area contributed by atoms with Gasteiger partial charge in [-0.1, -0.05) is 15.9 Å². The molecule has 1 aromatic rings. The molecule has 2 atom stereocenters. The fourth-order valence-electron chi connectivity index (χ4n) is 2.94. The third kappa shape index (κ3) is 2.95. The molecule has 2 aliphatic rings. The minimum absolute atomic E-state index is 0.352. The minimum Gasteiger partial charge on any atom is -0.486 e. The van der Waals surface area contributed by atoms with Crippen LogP contribution in [0.4, 0.5) is 0 Å². The second kappa shape index (κ2) is 5.92. The molecule has 0 aliphatic carbocycles. The molecule has 0 bridgehead atoms. The van der Waals surface area contributed by atoms with E-state index in [2.05, 4.69) is 33.8 Å². The average molecular weight is 341 g/mol. The van der Waals surface area contributed by atoms with Crippen molar-refractivity contribution in [2.75, 3.05) is 19.8 Å². The van der Waals surface area contributed by atoms with Crippen molar-refractivity contribution in [1.82, 2.24) is 4.90 Å². The molecule has 0 aromatic heterocycles. The van der Waals surface area contributed by atoms with Gasteiger partial charge in [-0.3, -0.25) is 4.90 Å². The number of hydrogen-bond acceptors (Lipinski definition) is 4. The molecule has 0 spiro atoms. The molecule has 110 valence electrons. The van der Waals surface area contributed by atoms with E-state index in [1.165, 1.54) is 5.56 Å². The zero-order chi connectivity index (χ0) is 14.1. The molecule has 0 radical (unpaired) electrons. The van der Waals surface area contributed by atoms with Gasteiger partial charge in [0.05, 0.1) is 0 Å². The molecular formula is C15H21BrN2O2. The summed E-state index contributed by atoms with van der Waals surface area (Å²) in [6.07, 6.45) is 2.15. The standard InChI is InChI=1S/C15H21BrN2O2/c1-10-6-12(17)2-3-18(10)9-11-7-14-15(8-13(11)16)20-5-4-19-14/h7-8,10,12H,2-6,9,17H2,1H3. The van der Waals surface area contributed by atoms with E-state index in [0.717, 1.165) is 41.9 Å². The highest BCUT2D eigenvalue weighted by atomic mass is 79.9. The number of halogens is 1. The maximum Gasteiger partial charge on any atom is 0.162 e. The van der Waals surface area contributed by atoms with Crippen LogP contribution in [0.15, 0.2) is 16.6 Å². The van der Waals surface area contributed by atoms with Crippen molar-refractivity contribution in [3.8, 4) is 11.5 Å². The molecule has 1 aromatic carbocycles. The predicted molar refractivity (Wildman–Crippen MR) is 82.2 cm³/mol. The van der Waals surface area contributed by atoms with Crippen molar-refractivity contribution in [2.24, 2.45) is 5.73 Å². The predicted octanol–water partition coefficient (Wildman–Crippen LogP) is 2.53. The summed E-state index contributed by atoms with van der Waals surface area (Å²) in [6.45, 7) is 5.49. The van der Waals surface area contributed by atoms with Crippen LogP contribution in [0.25, 0.3) is 0 Å². The quantitative estimate of drug-likeness (QED) is 0.898. The van der Waals surface area contributed by atoms with E-state index < -0.39 is 0 Å². The van der Waals surface area contributed by atoms with Crippen molar-refractivity contribution in [2.45, 2.75) is 38.4 Å². The van der Waals surface area contributed by atoms with E-state index in [4.69, 9.17) is 15.2 Å². The Kier molecular flexibility index (Phi) is 4.19. The number of nitrogens with zero attached hydrogens (tertiary/aromatic N) is 1. The van der Waals surface area contributed by atoms with Crippen LogP contribution < -0.4 is 15.2 Å². The van der Waals surface area contributed by atoms with E-state index in [9.17, 15) is 0 Å². The SMILES string of the molecule is CC1CC(N)CCN1Cc1cc2c(cc1Br)OCCO2. The lowest BCUT2D eigenvalue weighted by atomic mass is 9.98. The third-order valence-electron chi connectivity index (χ3n) is 4.14. The van der Waals surface area contributed by atoms with Crippen molar-refractivity contribution in [3.63, 3.8) is 0 Å². The molecule has 0 amide bonds. The lowest BCUT2D eigenvalue weighted by Crippen LogP contribution is -2.45. The summed E-state index contributed by atoms with van der Waals surface area (Å²) in [5.41, 5.74) is 7.28. The fraction of sp³-hybridized carbons (Fsp3) is 0.600. The van der Waals surface area contributed by atoms with Crippen LogP contribution in [0.5, 0.6) is 11.5 Å². The molecule has 2 N–H and O–H groups in total. The Morgan fingerprint density at radius 2 is 2.00 bits per heavy atom. The summed E-state index contributed by atoms with van der Waals surface area (Å²) < 4.78 is 12.4. The number of likely N-dealkylation sites (tertiary alicyclic amines) is 1. The first-order chi connectivity index (χ1) is 9.63. The molecule has 4 nitrogen and oxygen atoms in total. The second-order valence-corrected chi connectivity index (χ2v) is 6.55. The largest absolute Gasteiger partial charge is 0.486 e. The van der Waals surface area contributed by atoms with Crippen LogP contribution >= 0.6 is 15.9 Å². The van der Waals surface area contributed by atoms with Gasteiger partial charge in [-0.15, -0.1) is 0 Å². The third-order valence-corrected chi connectivity index (χ3v) is 4.88. The smallest absolute Gasteiger partial charge is 0.162 e. The van der Waals surface area contributed by atoms with Gasteiger partial charge in [0.2, 0.25) is 0 Å². The number of ether oxygens (including phenoxy) is 2. The van der Waals surface area contributed by atoms with Crippen molar-refractivity contribution in [3.05, 3.63) is 22.2 Å². The first kappa shape index (κ1) is 14.2. The summed E-state index contributed by atoms with van der Waals surface area (Å²) in [4.78, 5) is 2.49. The maximum absolute atomic E-state index is 6.03. The molecule has 3 rings (SSSR count). The zero-order valence-corrected chi connectivity index (χ0v) is 13.4. The van der Waals surface area contributed by atoms with E-state index >= 15 is 0 Å². The number of hydrogen-bond donors (Lipinski definition) is 1. The topological polar surface area (TPSA) is 47.7 Å². The molecule has 1 fully saturated rings. The Morgan fingerprint density at radius 1 is 1.30 bits per heavy atom. The zero-order valence-electron chi connectivity index (χ0n) is 11.8. The van der Waals surface area contributed by atoms with Gasteiger partial charge >= 0.3 is 0 Å². The highest BCUT2D eigenvalue weighted by Gasteiger charge is 2.24. The van der Waals surface area contributed by atoms with Crippen LogP contribution in [0.1, 0.15) is 25.3 Å². The van der Waals surface area contributed by atoms with Gasteiger partial charge < -0.3 is 15.2 Å². The Bertz CT molecular complexity index is 495.